The van der Waals surface area contributed by atoms with Gasteiger partial charge in [-0.3, -0.25) is 4.79 Å². The SMILES string of the molecule is CCc1ccc(N(C)C)cc1C(=O)c1ccccc1C(C)CC. The zero-order chi connectivity index (χ0) is 17.0. The van der Waals surface area contributed by atoms with E-state index in [1.165, 1.54) is 0 Å². The van der Waals surface area contributed by atoms with Crippen LogP contribution < -0.4 is 4.90 Å². The van der Waals surface area contributed by atoms with Gasteiger partial charge in [0.2, 0.25) is 0 Å². The van der Waals surface area contributed by atoms with Crippen LogP contribution in [-0.2, 0) is 6.42 Å². The van der Waals surface area contributed by atoms with Gasteiger partial charge in [-0.15, -0.1) is 0 Å². The zero-order valence-corrected chi connectivity index (χ0v) is 14.9. The van der Waals surface area contributed by atoms with Gasteiger partial charge in [0.1, 0.15) is 0 Å². The molecule has 0 saturated carbocycles. The maximum atomic E-state index is 13.2. The molecule has 0 spiro atoms. The van der Waals surface area contributed by atoms with Crippen molar-refractivity contribution in [3.63, 3.8) is 0 Å². The van der Waals surface area contributed by atoms with Crippen LogP contribution in [0.5, 0.6) is 0 Å². The van der Waals surface area contributed by atoms with Gasteiger partial charge >= 0.3 is 0 Å². The van der Waals surface area contributed by atoms with Crippen molar-refractivity contribution in [2.75, 3.05) is 19.0 Å². The van der Waals surface area contributed by atoms with Gasteiger partial charge in [0.25, 0.3) is 0 Å². The number of aryl methyl sites for hydroxylation is 1. The molecule has 0 saturated heterocycles. The first-order valence-electron chi connectivity index (χ1n) is 8.43. The van der Waals surface area contributed by atoms with Crippen LogP contribution in [-0.4, -0.2) is 19.9 Å². The predicted octanol–water partition coefficient (Wildman–Crippen LogP) is 5.06. The molecule has 2 aromatic rings. The highest BCUT2D eigenvalue weighted by atomic mass is 16.1. The van der Waals surface area contributed by atoms with Crippen molar-refractivity contribution in [1.29, 1.82) is 0 Å². The molecular weight excluding hydrogens is 282 g/mol. The summed E-state index contributed by atoms with van der Waals surface area (Å²) in [5.74, 6) is 0.527. The molecule has 2 heteroatoms. The smallest absolute Gasteiger partial charge is 0.193 e. The molecular formula is C21H27NO. The van der Waals surface area contributed by atoms with E-state index < -0.39 is 0 Å². The van der Waals surface area contributed by atoms with Crippen LogP contribution in [0.3, 0.4) is 0 Å². The number of carbonyl (C=O) groups excluding carboxylic acids is 1. The second-order valence-corrected chi connectivity index (χ2v) is 6.32. The highest BCUT2D eigenvalue weighted by Crippen LogP contribution is 2.27. The summed E-state index contributed by atoms with van der Waals surface area (Å²) in [6, 6.07) is 14.2. The lowest BCUT2D eigenvalue weighted by atomic mass is 9.88. The van der Waals surface area contributed by atoms with Gasteiger partial charge in [0, 0.05) is 30.9 Å². The minimum Gasteiger partial charge on any atom is -0.378 e. The fraction of sp³-hybridized carbons (Fsp3) is 0.381. The molecule has 2 aromatic carbocycles. The highest BCUT2D eigenvalue weighted by molar-refractivity contribution is 6.11. The first-order chi connectivity index (χ1) is 11.0. The summed E-state index contributed by atoms with van der Waals surface area (Å²) in [6.45, 7) is 6.45. The number of ketones is 1. The molecule has 0 bridgehead atoms. The van der Waals surface area contributed by atoms with Crippen molar-refractivity contribution in [2.45, 2.75) is 39.5 Å². The third kappa shape index (κ3) is 3.64. The lowest BCUT2D eigenvalue weighted by molar-refractivity contribution is 0.103. The topological polar surface area (TPSA) is 20.3 Å². The number of hydrogen-bond acceptors (Lipinski definition) is 2. The van der Waals surface area contributed by atoms with Gasteiger partial charge in [-0.25, -0.2) is 0 Å². The first kappa shape index (κ1) is 17.3. The summed E-state index contributed by atoms with van der Waals surface area (Å²) >= 11 is 0. The Hall–Kier alpha value is -2.09. The molecule has 0 aliphatic carbocycles. The molecule has 0 heterocycles. The Morgan fingerprint density at radius 1 is 1.04 bits per heavy atom. The molecule has 0 N–H and O–H groups in total. The summed E-state index contributed by atoms with van der Waals surface area (Å²) in [4.78, 5) is 15.3. The molecule has 0 aliphatic heterocycles. The van der Waals surface area contributed by atoms with E-state index in [0.717, 1.165) is 40.8 Å². The third-order valence-electron chi connectivity index (χ3n) is 4.58. The summed E-state index contributed by atoms with van der Waals surface area (Å²) in [7, 11) is 4.00. The maximum absolute atomic E-state index is 13.2. The van der Waals surface area contributed by atoms with E-state index in [0.29, 0.717) is 5.92 Å². The van der Waals surface area contributed by atoms with Crippen molar-refractivity contribution in [3.8, 4) is 0 Å². The highest BCUT2D eigenvalue weighted by Gasteiger charge is 2.19. The minimum absolute atomic E-state index is 0.140. The van der Waals surface area contributed by atoms with Crippen molar-refractivity contribution >= 4 is 11.5 Å². The van der Waals surface area contributed by atoms with Crippen molar-refractivity contribution < 1.29 is 4.79 Å². The van der Waals surface area contributed by atoms with E-state index in [-0.39, 0.29) is 5.78 Å². The zero-order valence-electron chi connectivity index (χ0n) is 14.9. The Bertz CT molecular complexity index is 688. The average molecular weight is 309 g/mol. The van der Waals surface area contributed by atoms with Crippen molar-refractivity contribution in [3.05, 3.63) is 64.7 Å². The largest absolute Gasteiger partial charge is 0.378 e. The van der Waals surface area contributed by atoms with Gasteiger partial charge in [0.15, 0.2) is 5.78 Å². The Morgan fingerprint density at radius 3 is 2.35 bits per heavy atom. The number of anilines is 1. The van der Waals surface area contributed by atoms with Crippen molar-refractivity contribution in [1.82, 2.24) is 0 Å². The normalized spacial score (nSPS) is 12.0. The summed E-state index contributed by atoms with van der Waals surface area (Å²) in [5, 5.41) is 0. The average Bonchev–Trinajstić information content (AvgIpc) is 2.59. The van der Waals surface area contributed by atoms with Gasteiger partial charge in [-0.1, -0.05) is 51.1 Å². The molecule has 0 radical (unpaired) electrons. The number of benzene rings is 2. The number of rotatable bonds is 6. The maximum Gasteiger partial charge on any atom is 0.193 e. The molecule has 122 valence electrons. The van der Waals surface area contributed by atoms with Gasteiger partial charge in [0.05, 0.1) is 0 Å². The molecule has 1 atom stereocenters. The number of hydrogen-bond donors (Lipinski definition) is 0. The van der Waals surface area contributed by atoms with E-state index >= 15 is 0 Å². The Balaban J connectivity index is 2.55. The van der Waals surface area contributed by atoms with E-state index in [4.69, 9.17) is 0 Å². The van der Waals surface area contributed by atoms with Crippen LogP contribution >= 0.6 is 0 Å². The van der Waals surface area contributed by atoms with Crippen molar-refractivity contribution in [2.24, 2.45) is 0 Å². The molecule has 2 rings (SSSR count). The predicted molar refractivity (Wildman–Crippen MR) is 98.7 cm³/mol. The van der Waals surface area contributed by atoms with Crippen LogP contribution in [0.2, 0.25) is 0 Å². The molecule has 0 aliphatic rings. The minimum atomic E-state index is 0.140. The van der Waals surface area contributed by atoms with E-state index in [2.05, 4.69) is 39.0 Å². The fourth-order valence-electron chi connectivity index (χ4n) is 2.86. The summed E-state index contributed by atoms with van der Waals surface area (Å²) in [5.41, 5.74) is 4.99. The van der Waals surface area contributed by atoms with Crippen LogP contribution in [0, 0.1) is 0 Å². The van der Waals surface area contributed by atoms with Crippen LogP contribution in [0.4, 0.5) is 5.69 Å². The molecule has 0 fully saturated rings. The lowest BCUT2D eigenvalue weighted by Crippen LogP contribution is -2.13. The molecule has 1 unspecified atom stereocenters. The molecule has 0 aromatic heterocycles. The summed E-state index contributed by atoms with van der Waals surface area (Å²) in [6.07, 6.45) is 1.89. The first-order valence-corrected chi connectivity index (χ1v) is 8.43. The van der Waals surface area contributed by atoms with E-state index in [1.807, 2.05) is 43.3 Å². The van der Waals surface area contributed by atoms with Crippen LogP contribution in [0.25, 0.3) is 0 Å². The number of nitrogens with zero attached hydrogens (tertiary/aromatic N) is 1. The Labute approximate surface area is 140 Å². The summed E-state index contributed by atoms with van der Waals surface area (Å²) < 4.78 is 0. The van der Waals surface area contributed by atoms with Gasteiger partial charge in [-0.05, 0) is 42.0 Å². The Morgan fingerprint density at radius 2 is 1.74 bits per heavy atom. The molecule has 0 amide bonds. The molecule has 23 heavy (non-hydrogen) atoms. The second-order valence-electron chi connectivity index (χ2n) is 6.32. The standard InChI is InChI=1S/C21H27NO/c1-6-15(3)18-10-8-9-11-19(18)21(23)20-14-17(22(4)5)13-12-16(20)7-2/h8-15H,6-7H2,1-5H3. The second kappa shape index (κ2) is 7.45. The fourth-order valence-corrected chi connectivity index (χ4v) is 2.86. The lowest BCUT2D eigenvalue weighted by Gasteiger charge is -2.18. The van der Waals surface area contributed by atoms with Crippen LogP contribution in [0.15, 0.2) is 42.5 Å². The number of carbonyl (C=O) groups is 1. The van der Waals surface area contributed by atoms with E-state index in [9.17, 15) is 4.79 Å². The van der Waals surface area contributed by atoms with E-state index in [1.54, 1.807) is 0 Å². The third-order valence-corrected chi connectivity index (χ3v) is 4.58. The monoisotopic (exact) mass is 309 g/mol. The van der Waals surface area contributed by atoms with Gasteiger partial charge in [-0.2, -0.15) is 0 Å². The van der Waals surface area contributed by atoms with Crippen LogP contribution in [0.1, 0.15) is 60.2 Å². The van der Waals surface area contributed by atoms with Gasteiger partial charge < -0.3 is 4.90 Å². The Kier molecular flexibility index (Phi) is 5.59. The quantitative estimate of drug-likeness (QED) is 0.695. The molecule has 2 nitrogen and oxygen atoms in total.